The first kappa shape index (κ1) is 25.4. The first-order valence-electron chi connectivity index (χ1n) is 11.8. The molecule has 31 heavy (non-hydrogen) atoms. The molecule has 3 aromatic rings. The first-order valence-corrected chi connectivity index (χ1v) is 11.8. The van der Waals surface area contributed by atoms with Crippen molar-refractivity contribution in [3.63, 3.8) is 0 Å². The third kappa shape index (κ3) is 9.01. The summed E-state index contributed by atoms with van der Waals surface area (Å²) < 4.78 is 1.09. The number of halogens is 1. The highest BCUT2D eigenvalue weighted by Gasteiger charge is 2.28. The lowest BCUT2D eigenvalue weighted by atomic mass is 10.0. The minimum absolute atomic E-state index is 0. The van der Waals surface area contributed by atoms with Gasteiger partial charge in [0.15, 0.2) is 0 Å². The Kier molecular flexibility index (Phi) is 11.6. The molecule has 0 aliphatic carbocycles. The van der Waals surface area contributed by atoms with Crippen molar-refractivity contribution >= 4 is 0 Å². The second kappa shape index (κ2) is 14.2. The van der Waals surface area contributed by atoms with Gasteiger partial charge in [0, 0.05) is 16.7 Å². The van der Waals surface area contributed by atoms with E-state index in [1.165, 1.54) is 61.8 Å². The molecule has 0 aliphatic rings. The monoisotopic (exact) mass is 479 g/mol. The van der Waals surface area contributed by atoms with Crippen molar-refractivity contribution in [2.45, 2.75) is 65.1 Å². The van der Waals surface area contributed by atoms with Gasteiger partial charge in [-0.2, -0.15) is 0 Å². The molecular formula is C29H38BrN. The zero-order valence-electron chi connectivity index (χ0n) is 19.1. The molecule has 166 valence electrons. The van der Waals surface area contributed by atoms with Crippen LogP contribution in [0.15, 0.2) is 91.0 Å². The molecule has 3 aromatic carbocycles. The van der Waals surface area contributed by atoms with Crippen LogP contribution in [0.2, 0.25) is 0 Å². The SMILES string of the molecule is CCCCCCCC[N+](Cc1ccccc1)(Cc1ccccc1)Cc1ccccc1.[Br-]. The number of quaternary nitrogens is 1. The molecule has 0 radical (unpaired) electrons. The van der Waals surface area contributed by atoms with Gasteiger partial charge in [-0.25, -0.2) is 0 Å². The van der Waals surface area contributed by atoms with Gasteiger partial charge in [-0.15, -0.1) is 0 Å². The Balaban J connectivity index is 0.00000341. The third-order valence-corrected chi connectivity index (χ3v) is 6.07. The fourth-order valence-electron chi connectivity index (χ4n) is 4.54. The normalized spacial score (nSPS) is 11.1. The topological polar surface area (TPSA) is 0 Å². The highest BCUT2D eigenvalue weighted by molar-refractivity contribution is 5.17. The maximum atomic E-state index is 2.30. The highest BCUT2D eigenvalue weighted by Crippen LogP contribution is 2.25. The summed E-state index contributed by atoms with van der Waals surface area (Å²) in [5.74, 6) is 0. The Hall–Kier alpha value is -1.90. The van der Waals surface area contributed by atoms with Gasteiger partial charge in [-0.05, 0) is 12.8 Å². The molecule has 1 nitrogen and oxygen atoms in total. The zero-order valence-corrected chi connectivity index (χ0v) is 20.6. The molecule has 0 heterocycles. The van der Waals surface area contributed by atoms with Gasteiger partial charge in [0.1, 0.15) is 19.6 Å². The zero-order chi connectivity index (χ0) is 20.9. The van der Waals surface area contributed by atoms with E-state index < -0.39 is 0 Å². The molecular weight excluding hydrogens is 442 g/mol. The van der Waals surface area contributed by atoms with Crippen molar-refractivity contribution in [1.29, 1.82) is 0 Å². The molecule has 3 rings (SSSR count). The fraction of sp³-hybridized carbons (Fsp3) is 0.379. The van der Waals surface area contributed by atoms with Crippen LogP contribution in [0.3, 0.4) is 0 Å². The Labute approximate surface area is 200 Å². The number of hydrogen-bond donors (Lipinski definition) is 0. The van der Waals surface area contributed by atoms with Crippen LogP contribution < -0.4 is 17.0 Å². The number of benzene rings is 3. The van der Waals surface area contributed by atoms with Crippen LogP contribution in [-0.4, -0.2) is 11.0 Å². The molecule has 0 atom stereocenters. The van der Waals surface area contributed by atoms with E-state index in [1.54, 1.807) is 0 Å². The fourth-order valence-corrected chi connectivity index (χ4v) is 4.54. The molecule has 0 aliphatic heterocycles. The predicted molar refractivity (Wildman–Crippen MR) is 129 cm³/mol. The predicted octanol–water partition coefficient (Wildman–Crippen LogP) is 4.77. The summed E-state index contributed by atoms with van der Waals surface area (Å²) in [6, 6.07) is 33.2. The second-order valence-corrected chi connectivity index (χ2v) is 8.76. The van der Waals surface area contributed by atoms with Crippen molar-refractivity contribution in [3.8, 4) is 0 Å². The average molecular weight is 481 g/mol. The summed E-state index contributed by atoms with van der Waals surface area (Å²) in [6.45, 7) is 6.77. The lowest BCUT2D eigenvalue weighted by Crippen LogP contribution is -3.00. The van der Waals surface area contributed by atoms with Crippen LogP contribution in [-0.2, 0) is 19.6 Å². The van der Waals surface area contributed by atoms with Crippen LogP contribution >= 0.6 is 0 Å². The molecule has 0 N–H and O–H groups in total. The first-order chi connectivity index (χ1) is 14.8. The minimum Gasteiger partial charge on any atom is -1.00 e. The average Bonchev–Trinajstić information content (AvgIpc) is 2.78. The smallest absolute Gasteiger partial charge is 0.105 e. The molecule has 0 amide bonds. The van der Waals surface area contributed by atoms with Gasteiger partial charge in [0.2, 0.25) is 0 Å². The van der Waals surface area contributed by atoms with Crippen molar-refractivity contribution < 1.29 is 21.5 Å². The largest absolute Gasteiger partial charge is 1.00 e. The Morgan fingerprint density at radius 3 is 1.23 bits per heavy atom. The lowest BCUT2D eigenvalue weighted by Gasteiger charge is -2.39. The summed E-state index contributed by atoms with van der Waals surface area (Å²) in [7, 11) is 0. The van der Waals surface area contributed by atoms with E-state index in [4.69, 9.17) is 0 Å². The van der Waals surface area contributed by atoms with E-state index >= 15 is 0 Å². The lowest BCUT2D eigenvalue weighted by molar-refractivity contribution is -0.966. The van der Waals surface area contributed by atoms with Gasteiger partial charge in [0.25, 0.3) is 0 Å². The second-order valence-electron chi connectivity index (χ2n) is 8.76. The van der Waals surface area contributed by atoms with E-state index in [2.05, 4.69) is 97.9 Å². The van der Waals surface area contributed by atoms with E-state index in [-0.39, 0.29) is 17.0 Å². The molecule has 0 unspecified atom stereocenters. The quantitative estimate of drug-likeness (QED) is 0.244. The summed E-state index contributed by atoms with van der Waals surface area (Å²) in [5, 5.41) is 0. The Morgan fingerprint density at radius 2 is 0.839 bits per heavy atom. The Morgan fingerprint density at radius 1 is 0.484 bits per heavy atom. The summed E-state index contributed by atoms with van der Waals surface area (Å²) in [6.07, 6.45) is 8.09. The molecule has 0 spiro atoms. The van der Waals surface area contributed by atoms with Crippen LogP contribution in [0.25, 0.3) is 0 Å². The van der Waals surface area contributed by atoms with Crippen LogP contribution in [0, 0.1) is 0 Å². The maximum Gasteiger partial charge on any atom is 0.105 e. The van der Waals surface area contributed by atoms with Gasteiger partial charge in [0.05, 0.1) is 6.54 Å². The molecule has 0 saturated heterocycles. The molecule has 2 heteroatoms. The summed E-state index contributed by atoms with van der Waals surface area (Å²) >= 11 is 0. The van der Waals surface area contributed by atoms with E-state index in [0.717, 1.165) is 24.1 Å². The number of rotatable bonds is 13. The maximum absolute atomic E-state index is 2.30. The number of nitrogens with zero attached hydrogens (tertiary/aromatic N) is 1. The van der Waals surface area contributed by atoms with Crippen molar-refractivity contribution in [2.75, 3.05) is 6.54 Å². The van der Waals surface area contributed by atoms with Crippen molar-refractivity contribution in [2.24, 2.45) is 0 Å². The standard InChI is InChI=1S/C29H38N.BrH/c1-2-3-4-5-6-16-23-30(24-27-17-10-7-11-18-27,25-28-19-12-8-13-20-28)26-29-21-14-9-15-22-29;/h7-15,17-22H,2-6,16,23-26H2,1H3;1H/q+1;/p-1. The summed E-state index contributed by atoms with van der Waals surface area (Å²) in [5.41, 5.74) is 4.32. The van der Waals surface area contributed by atoms with Crippen LogP contribution in [0.5, 0.6) is 0 Å². The highest BCUT2D eigenvalue weighted by atomic mass is 79.9. The molecule has 0 bridgehead atoms. The number of unbranched alkanes of at least 4 members (excludes halogenated alkanes) is 5. The minimum atomic E-state index is 0. The molecule has 0 fully saturated rings. The van der Waals surface area contributed by atoms with Gasteiger partial charge < -0.3 is 21.5 Å². The van der Waals surface area contributed by atoms with Gasteiger partial charge in [-0.3, -0.25) is 0 Å². The summed E-state index contributed by atoms with van der Waals surface area (Å²) in [4.78, 5) is 0. The van der Waals surface area contributed by atoms with Gasteiger partial charge >= 0.3 is 0 Å². The molecule has 0 saturated carbocycles. The van der Waals surface area contributed by atoms with E-state index in [1.807, 2.05) is 0 Å². The van der Waals surface area contributed by atoms with Crippen molar-refractivity contribution in [1.82, 2.24) is 0 Å². The van der Waals surface area contributed by atoms with Crippen LogP contribution in [0.1, 0.15) is 62.1 Å². The van der Waals surface area contributed by atoms with Gasteiger partial charge in [-0.1, -0.05) is 124 Å². The van der Waals surface area contributed by atoms with E-state index in [0.29, 0.717) is 0 Å². The number of hydrogen-bond acceptors (Lipinski definition) is 0. The Bertz CT molecular complexity index is 716. The third-order valence-electron chi connectivity index (χ3n) is 6.07. The molecule has 0 aromatic heterocycles. The van der Waals surface area contributed by atoms with Crippen molar-refractivity contribution in [3.05, 3.63) is 108 Å². The van der Waals surface area contributed by atoms with E-state index in [9.17, 15) is 0 Å². The van der Waals surface area contributed by atoms with Crippen LogP contribution in [0.4, 0.5) is 0 Å².